The number of benzene rings is 1. The number of nitrogens with zero attached hydrogens (tertiary/aromatic N) is 2. The van der Waals surface area contributed by atoms with Crippen molar-refractivity contribution in [2.75, 3.05) is 0 Å². The maximum absolute atomic E-state index is 13.5. The number of halogens is 2. The van der Waals surface area contributed by atoms with Gasteiger partial charge in [-0.15, -0.1) is 0 Å². The molecule has 0 amide bonds. The predicted octanol–water partition coefficient (Wildman–Crippen LogP) is 3.55. The van der Waals surface area contributed by atoms with Crippen LogP contribution < -0.4 is 5.73 Å². The van der Waals surface area contributed by atoms with Gasteiger partial charge in [0.2, 0.25) is 0 Å². The fourth-order valence-electron chi connectivity index (χ4n) is 2.17. The average molecular weight is 326 g/mol. The predicted molar refractivity (Wildman–Crippen MR) is 77.4 cm³/mol. The van der Waals surface area contributed by atoms with Gasteiger partial charge in [0, 0.05) is 6.54 Å². The molecule has 0 saturated carbocycles. The van der Waals surface area contributed by atoms with Crippen LogP contribution in [0.5, 0.6) is 0 Å². The Kier molecular flexibility index (Phi) is 4.37. The Labute approximate surface area is 120 Å². The highest BCUT2D eigenvalue weighted by Gasteiger charge is 2.18. The van der Waals surface area contributed by atoms with E-state index in [1.807, 2.05) is 17.7 Å². The van der Waals surface area contributed by atoms with Gasteiger partial charge in [0.05, 0.1) is 22.4 Å². The van der Waals surface area contributed by atoms with Crippen LogP contribution in [0.2, 0.25) is 0 Å². The summed E-state index contributed by atoms with van der Waals surface area (Å²) in [5.41, 5.74) is 8.78. The third-order valence-electron chi connectivity index (χ3n) is 2.99. The van der Waals surface area contributed by atoms with Gasteiger partial charge in [-0.05, 0) is 52.5 Å². The standard InChI is InChI=1S/C14H17BrFN3/c1-3-4-19-14(12(15)8-18-19)13(17)10-5-9(2)6-11(16)7-10/h5-8,13H,3-4,17H2,1-2H3. The van der Waals surface area contributed by atoms with Gasteiger partial charge in [-0.1, -0.05) is 13.0 Å². The van der Waals surface area contributed by atoms with Crippen LogP contribution in [0.3, 0.4) is 0 Å². The van der Waals surface area contributed by atoms with Crippen LogP contribution in [-0.2, 0) is 6.54 Å². The van der Waals surface area contributed by atoms with E-state index in [9.17, 15) is 4.39 Å². The Morgan fingerprint density at radius 3 is 2.79 bits per heavy atom. The van der Waals surface area contributed by atoms with Crippen molar-refractivity contribution in [3.63, 3.8) is 0 Å². The molecule has 0 aliphatic carbocycles. The molecule has 0 spiro atoms. The minimum Gasteiger partial charge on any atom is -0.319 e. The highest BCUT2D eigenvalue weighted by molar-refractivity contribution is 9.10. The van der Waals surface area contributed by atoms with Crippen molar-refractivity contribution >= 4 is 15.9 Å². The first kappa shape index (κ1) is 14.2. The molecular formula is C14H17BrFN3. The highest BCUT2D eigenvalue weighted by Crippen LogP contribution is 2.28. The largest absolute Gasteiger partial charge is 0.319 e. The summed E-state index contributed by atoms with van der Waals surface area (Å²) in [6, 6.07) is 4.49. The monoisotopic (exact) mass is 325 g/mol. The first-order valence-electron chi connectivity index (χ1n) is 6.26. The van der Waals surface area contributed by atoms with Gasteiger partial charge in [0.15, 0.2) is 0 Å². The van der Waals surface area contributed by atoms with Gasteiger partial charge >= 0.3 is 0 Å². The zero-order valence-corrected chi connectivity index (χ0v) is 12.6. The highest BCUT2D eigenvalue weighted by atomic mass is 79.9. The molecule has 0 aliphatic rings. The third-order valence-corrected chi connectivity index (χ3v) is 3.60. The van der Waals surface area contributed by atoms with Crippen LogP contribution in [0.4, 0.5) is 4.39 Å². The maximum atomic E-state index is 13.5. The summed E-state index contributed by atoms with van der Waals surface area (Å²) in [6.07, 6.45) is 2.70. The molecule has 5 heteroatoms. The molecule has 19 heavy (non-hydrogen) atoms. The molecule has 1 unspecified atom stereocenters. The summed E-state index contributed by atoms with van der Waals surface area (Å²) in [5, 5.41) is 4.29. The number of nitrogens with two attached hydrogens (primary N) is 1. The Morgan fingerprint density at radius 2 is 2.16 bits per heavy atom. The molecule has 2 N–H and O–H groups in total. The molecular weight excluding hydrogens is 309 g/mol. The van der Waals surface area contributed by atoms with Gasteiger partial charge in [-0.25, -0.2) is 4.39 Å². The molecule has 0 saturated heterocycles. The number of hydrogen-bond donors (Lipinski definition) is 1. The summed E-state index contributed by atoms with van der Waals surface area (Å²) < 4.78 is 16.2. The van der Waals surface area contributed by atoms with Crippen molar-refractivity contribution in [1.82, 2.24) is 9.78 Å². The molecule has 2 rings (SSSR count). The van der Waals surface area contributed by atoms with E-state index in [0.29, 0.717) is 0 Å². The molecule has 1 aromatic heterocycles. The second kappa shape index (κ2) is 5.84. The summed E-state index contributed by atoms with van der Waals surface area (Å²) in [5.74, 6) is -0.261. The quantitative estimate of drug-likeness (QED) is 0.934. The molecule has 0 bridgehead atoms. The fourth-order valence-corrected chi connectivity index (χ4v) is 2.72. The first-order valence-corrected chi connectivity index (χ1v) is 7.06. The summed E-state index contributed by atoms with van der Waals surface area (Å²) in [6.45, 7) is 4.73. The van der Waals surface area contributed by atoms with E-state index in [1.54, 1.807) is 6.20 Å². The lowest BCUT2D eigenvalue weighted by Gasteiger charge is -2.16. The number of aryl methyl sites for hydroxylation is 2. The lowest BCUT2D eigenvalue weighted by atomic mass is 10.0. The van der Waals surface area contributed by atoms with Gasteiger partial charge < -0.3 is 5.73 Å². The van der Waals surface area contributed by atoms with Crippen LogP contribution >= 0.6 is 15.9 Å². The summed E-state index contributed by atoms with van der Waals surface area (Å²) >= 11 is 3.46. The Balaban J connectivity index is 2.43. The van der Waals surface area contributed by atoms with Crippen molar-refractivity contribution in [2.24, 2.45) is 5.73 Å². The molecule has 1 aromatic carbocycles. The number of aromatic nitrogens is 2. The van der Waals surface area contributed by atoms with E-state index in [1.165, 1.54) is 12.1 Å². The van der Waals surface area contributed by atoms with Crippen LogP contribution in [0, 0.1) is 12.7 Å². The van der Waals surface area contributed by atoms with Gasteiger partial charge in [-0.2, -0.15) is 5.10 Å². The Hall–Kier alpha value is -1.20. The first-order chi connectivity index (χ1) is 9.02. The van der Waals surface area contributed by atoms with Gasteiger partial charge in [0.1, 0.15) is 5.82 Å². The van der Waals surface area contributed by atoms with Crippen molar-refractivity contribution < 1.29 is 4.39 Å². The fraction of sp³-hybridized carbons (Fsp3) is 0.357. The average Bonchev–Trinajstić information content (AvgIpc) is 2.69. The molecule has 0 fully saturated rings. The molecule has 0 aliphatic heterocycles. The zero-order chi connectivity index (χ0) is 14.0. The van der Waals surface area contributed by atoms with E-state index in [2.05, 4.69) is 28.0 Å². The van der Waals surface area contributed by atoms with E-state index in [4.69, 9.17) is 5.73 Å². The van der Waals surface area contributed by atoms with Crippen LogP contribution in [-0.4, -0.2) is 9.78 Å². The lowest BCUT2D eigenvalue weighted by molar-refractivity contribution is 0.556. The van der Waals surface area contributed by atoms with E-state index in [-0.39, 0.29) is 5.82 Å². The Bertz CT molecular complexity index is 560. The van der Waals surface area contributed by atoms with Crippen molar-refractivity contribution in [1.29, 1.82) is 0 Å². The number of rotatable bonds is 4. The van der Waals surface area contributed by atoms with Crippen molar-refractivity contribution in [3.05, 3.63) is 51.5 Å². The maximum Gasteiger partial charge on any atom is 0.123 e. The van der Waals surface area contributed by atoms with E-state index >= 15 is 0 Å². The van der Waals surface area contributed by atoms with E-state index in [0.717, 1.165) is 34.3 Å². The van der Waals surface area contributed by atoms with E-state index < -0.39 is 6.04 Å². The molecule has 3 nitrogen and oxygen atoms in total. The SMILES string of the molecule is CCCn1ncc(Br)c1C(N)c1cc(C)cc(F)c1. The molecule has 1 heterocycles. The van der Waals surface area contributed by atoms with Crippen LogP contribution in [0.1, 0.15) is 36.2 Å². The second-order valence-corrected chi connectivity index (χ2v) is 5.49. The summed E-state index contributed by atoms with van der Waals surface area (Å²) in [4.78, 5) is 0. The van der Waals surface area contributed by atoms with Gasteiger partial charge in [0.25, 0.3) is 0 Å². The normalized spacial score (nSPS) is 12.7. The lowest BCUT2D eigenvalue weighted by Crippen LogP contribution is -2.18. The Morgan fingerprint density at radius 1 is 1.42 bits per heavy atom. The summed E-state index contributed by atoms with van der Waals surface area (Å²) in [7, 11) is 0. The van der Waals surface area contributed by atoms with Crippen LogP contribution in [0.15, 0.2) is 28.9 Å². The third kappa shape index (κ3) is 3.04. The van der Waals surface area contributed by atoms with Crippen molar-refractivity contribution in [3.8, 4) is 0 Å². The topological polar surface area (TPSA) is 43.8 Å². The molecule has 102 valence electrons. The van der Waals surface area contributed by atoms with Gasteiger partial charge in [-0.3, -0.25) is 4.68 Å². The molecule has 2 aromatic rings. The number of hydrogen-bond acceptors (Lipinski definition) is 2. The minimum absolute atomic E-state index is 0.261. The minimum atomic E-state index is -0.391. The zero-order valence-electron chi connectivity index (χ0n) is 11.0. The molecule has 0 radical (unpaired) electrons. The van der Waals surface area contributed by atoms with Crippen molar-refractivity contribution in [2.45, 2.75) is 32.9 Å². The second-order valence-electron chi connectivity index (χ2n) is 4.64. The molecule has 1 atom stereocenters. The smallest absolute Gasteiger partial charge is 0.123 e. The van der Waals surface area contributed by atoms with Crippen LogP contribution in [0.25, 0.3) is 0 Å².